The number of carbonyl (C=O) groups excluding carboxylic acids is 3. The minimum atomic E-state index is -3.91. The zero-order valence-corrected chi connectivity index (χ0v) is 19.7. The van der Waals surface area contributed by atoms with Crippen molar-refractivity contribution >= 4 is 33.8 Å². The highest BCUT2D eigenvalue weighted by molar-refractivity contribution is 7.86. The molecule has 1 aromatic carbocycles. The summed E-state index contributed by atoms with van der Waals surface area (Å²) in [5, 5.41) is 2.54. The number of amides is 3. The van der Waals surface area contributed by atoms with Crippen LogP contribution in [0, 0.1) is 0 Å². The van der Waals surface area contributed by atoms with Crippen LogP contribution in [0.25, 0.3) is 11.1 Å². The number of anilines is 1. The van der Waals surface area contributed by atoms with Crippen LogP contribution in [-0.2, 0) is 19.0 Å². The number of pyridine rings is 1. The maximum absolute atomic E-state index is 13.2. The minimum Gasteiger partial charge on any atom is -0.444 e. The monoisotopic (exact) mass is 475 g/mol. The summed E-state index contributed by atoms with van der Waals surface area (Å²) < 4.78 is 33.4. The van der Waals surface area contributed by atoms with Crippen LogP contribution >= 0.6 is 0 Å². The van der Waals surface area contributed by atoms with Gasteiger partial charge in [0.1, 0.15) is 11.4 Å². The lowest BCUT2D eigenvalue weighted by Crippen LogP contribution is -2.42. The molecular formula is C22H25N3O7S. The number of nitrogens with zero attached hydrogens (tertiary/aromatic N) is 2. The largest absolute Gasteiger partial charge is 0.444 e. The molecule has 10 nitrogen and oxygen atoms in total. The van der Waals surface area contributed by atoms with E-state index in [-0.39, 0.29) is 23.4 Å². The molecule has 1 aliphatic heterocycles. The lowest BCUT2D eigenvalue weighted by Gasteiger charge is -2.23. The molecule has 33 heavy (non-hydrogen) atoms. The number of fused-ring (bicyclic) bond motifs is 1. The number of nitrogens with one attached hydrogen (secondary N) is 1. The van der Waals surface area contributed by atoms with Crippen molar-refractivity contribution in [3.8, 4) is 11.1 Å². The van der Waals surface area contributed by atoms with E-state index < -0.39 is 39.9 Å². The molecule has 0 saturated heterocycles. The molecule has 0 radical (unpaired) electrons. The topological polar surface area (TPSA) is 132 Å². The molecule has 11 heteroatoms. The molecule has 1 aliphatic rings. The molecule has 0 bridgehead atoms. The van der Waals surface area contributed by atoms with Crippen molar-refractivity contribution in [2.24, 2.45) is 0 Å². The van der Waals surface area contributed by atoms with Crippen LogP contribution in [-0.4, -0.2) is 54.3 Å². The molecule has 2 heterocycles. The van der Waals surface area contributed by atoms with Gasteiger partial charge in [0.2, 0.25) is 0 Å². The molecule has 176 valence electrons. The highest BCUT2D eigenvalue weighted by atomic mass is 32.2. The second-order valence-corrected chi connectivity index (χ2v) is 10.0. The second kappa shape index (κ2) is 8.91. The first-order valence-electron chi connectivity index (χ1n) is 10.2. The molecule has 0 fully saturated rings. The van der Waals surface area contributed by atoms with Gasteiger partial charge in [0, 0.05) is 6.20 Å². The van der Waals surface area contributed by atoms with Crippen molar-refractivity contribution in [2.45, 2.75) is 45.9 Å². The van der Waals surface area contributed by atoms with Gasteiger partial charge in [-0.05, 0) is 56.5 Å². The highest BCUT2D eigenvalue weighted by Crippen LogP contribution is 2.35. The Labute approximate surface area is 192 Å². The van der Waals surface area contributed by atoms with Crippen LogP contribution in [0.15, 0.2) is 36.5 Å². The average molecular weight is 476 g/mol. The fourth-order valence-electron chi connectivity index (χ4n) is 3.38. The first-order chi connectivity index (χ1) is 15.3. The molecule has 3 amide bonds. The predicted molar refractivity (Wildman–Crippen MR) is 120 cm³/mol. The van der Waals surface area contributed by atoms with Crippen molar-refractivity contribution in [2.75, 3.05) is 11.6 Å². The fraction of sp³-hybridized carbons (Fsp3) is 0.364. The van der Waals surface area contributed by atoms with Crippen molar-refractivity contribution in [3.63, 3.8) is 0 Å². The molecule has 2 aromatic rings. The maximum atomic E-state index is 13.2. The van der Waals surface area contributed by atoms with Crippen LogP contribution in [0.3, 0.4) is 0 Å². The average Bonchev–Trinajstić information content (AvgIpc) is 2.95. The summed E-state index contributed by atoms with van der Waals surface area (Å²) in [5.41, 5.74) is 0.506. The van der Waals surface area contributed by atoms with Gasteiger partial charge in [-0.15, -0.1) is 0 Å². The van der Waals surface area contributed by atoms with Gasteiger partial charge in [-0.25, -0.2) is 18.9 Å². The Morgan fingerprint density at radius 1 is 1.15 bits per heavy atom. The van der Waals surface area contributed by atoms with Gasteiger partial charge in [0.15, 0.2) is 6.23 Å². The second-order valence-electron chi connectivity index (χ2n) is 8.43. The van der Waals surface area contributed by atoms with Crippen molar-refractivity contribution in [1.29, 1.82) is 0 Å². The summed E-state index contributed by atoms with van der Waals surface area (Å²) in [6.45, 7) is 6.80. The molecule has 0 aliphatic carbocycles. The summed E-state index contributed by atoms with van der Waals surface area (Å²) >= 11 is 0. The number of carbonyl (C=O) groups is 3. The normalized spacial score (nSPS) is 14.8. The third-order valence-electron chi connectivity index (χ3n) is 4.57. The van der Waals surface area contributed by atoms with E-state index in [0.29, 0.717) is 11.1 Å². The van der Waals surface area contributed by atoms with Crippen molar-refractivity contribution in [3.05, 3.63) is 47.7 Å². The van der Waals surface area contributed by atoms with Crippen LogP contribution in [0.4, 0.5) is 10.6 Å². The zero-order valence-electron chi connectivity index (χ0n) is 18.9. The first kappa shape index (κ1) is 24.3. The Kier molecular flexibility index (Phi) is 6.57. The molecule has 1 atom stereocenters. The molecule has 0 saturated carbocycles. The van der Waals surface area contributed by atoms with Gasteiger partial charge < -0.3 is 4.74 Å². The quantitative estimate of drug-likeness (QED) is 0.497. The number of benzene rings is 1. The third kappa shape index (κ3) is 5.55. The van der Waals surface area contributed by atoms with Gasteiger partial charge in [-0.1, -0.05) is 19.1 Å². The van der Waals surface area contributed by atoms with Gasteiger partial charge >= 0.3 is 6.09 Å². The Morgan fingerprint density at radius 3 is 2.42 bits per heavy atom. The van der Waals surface area contributed by atoms with E-state index >= 15 is 0 Å². The summed E-state index contributed by atoms with van der Waals surface area (Å²) in [4.78, 5) is 43.2. The van der Waals surface area contributed by atoms with E-state index in [1.165, 1.54) is 12.3 Å². The van der Waals surface area contributed by atoms with E-state index in [1.807, 2.05) is 0 Å². The standard InChI is InChI=1S/C22H25N3O7S/c1-6-17(32-33(5,29)30)25-19(26)15-9-7-8-14(18(15)20(25)27)13-10-11-23-16(12-13)24-21(28)31-22(2,3)4/h7-12,17H,6H2,1-5H3,(H,23,24,28). The van der Waals surface area contributed by atoms with Gasteiger partial charge in [0.25, 0.3) is 21.9 Å². The van der Waals surface area contributed by atoms with E-state index in [0.717, 1.165) is 11.2 Å². The smallest absolute Gasteiger partial charge is 0.413 e. The van der Waals surface area contributed by atoms with Crippen molar-refractivity contribution in [1.82, 2.24) is 9.88 Å². The Balaban J connectivity index is 1.97. The Bertz CT molecular complexity index is 1220. The Morgan fingerprint density at radius 2 is 1.82 bits per heavy atom. The lowest BCUT2D eigenvalue weighted by molar-refractivity contribution is 0.0254. The fourth-order valence-corrected chi connectivity index (χ4v) is 4.00. The molecule has 3 rings (SSSR count). The van der Waals surface area contributed by atoms with Crippen LogP contribution in [0.5, 0.6) is 0 Å². The SMILES string of the molecule is CCC(OS(C)(=O)=O)N1C(=O)c2cccc(-c3ccnc(NC(=O)OC(C)(C)C)c3)c2C1=O. The third-order valence-corrected chi connectivity index (χ3v) is 5.14. The van der Waals surface area contributed by atoms with Crippen molar-refractivity contribution < 1.29 is 31.7 Å². The number of rotatable bonds is 6. The van der Waals surface area contributed by atoms with Crippen LogP contribution < -0.4 is 5.32 Å². The first-order valence-corrected chi connectivity index (χ1v) is 12.0. The Hall–Kier alpha value is -3.31. The van der Waals surface area contributed by atoms with Gasteiger partial charge in [-0.2, -0.15) is 8.42 Å². The van der Waals surface area contributed by atoms with Gasteiger partial charge in [-0.3, -0.25) is 14.9 Å². The highest BCUT2D eigenvalue weighted by Gasteiger charge is 2.42. The van der Waals surface area contributed by atoms with E-state index in [1.54, 1.807) is 52.0 Å². The van der Waals surface area contributed by atoms with E-state index in [9.17, 15) is 22.8 Å². The number of aromatic nitrogens is 1. The lowest BCUT2D eigenvalue weighted by atomic mass is 9.97. The summed E-state index contributed by atoms with van der Waals surface area (Å²) in [6.07, 6.45) is 0.443. The summed E-state index contributed by atoms with van der Waals surface area (Å²) in [6, 6.07) is 7.93. The summed E-state index contributed by atoms with van der Waals surface area (Å²) in [5.74, 6) is -1.12. The molecule has 0 spiro atoms. The number of hydrogen-bond donors (Lipinski definition) is 1. The number of hydrogen-bond acceptors (Lipinski definition) is 8. The van der Waals surface area contributed by atoms with Crippen LogP contribution in [0.1, 0.15) is 54.8 Å². The van der Waals surface area contributed by atoms with E-state index in [4.69, 9.17) is 8.92 Å². The maximum Gasteiger partial charge on any atom is 0.413 e. The number of imide groups is 1. The molecule has 1 unspecified atom stereocenters. The minimum absolute atomic E-state index is 0.0904. The zero-order chi connectivity index (χ0) is 24.6. The number of ether oxygens (including phenoxy) is 1. The molecule has 1 aromatic heterocycles. The van der Waals surface area contributed by atoms with Crippen LogP contribution in [0.2, 0.25) is 0 Å². The predicted octanol–water partition coefficient (Wildman–Crippen LogP) is 3.40. The van der Waals surface area contributed by atoms with E-state index in [2.05, 4.69) is 10.3 Å². The molecular weight excluding hydrogens is 450 g/mol. The van der Waals surface area contributed by atoms with Gasteiger partial charge in [0.05, 0.1) is 17.4 Å². The summed E-state index contributed by atoms with van der Waals surface area (Å²) in [7, 11) is -3.91. The molecule has 1 N–H and O–H groups in total.